The highest BCUT2D eigenvalue weighted by Crippen LogP contribution is 2.40. The van der Waals surface area contributed by atoms with E-state index in [0.717, 1.165) is 31.2 Å². The fraction of sp³-hybridized carbons (Fsp3) is 0.636. The third-order valence-electron chi connectivity index (χ3n) is 3.48. The maximum atomic E-state index is 11.0. The molecule has 4 heteroatoms. The molecule has 1 heterocycles. The molecule has 1 N–H and O–H groups in total. The lowest BCUT2D eigenvalue weighted by atomic mass is 9.73. The van der Waals surface area contributed by atoms with Crippen molar-refractivity contribution in [1.82, 2.24) is 4.37 Å². The number of rotatable bonds is 2. The molecule has 82 valence electrons. The first-order valence-corrected chi connectivity index (χ1v) is 6.04. The van der Waals surface area contributed by atoms with Gasteiger partial charge in [0.2, 0.25) is 0 Å². The molecule has 0 fully saturated rings. The molecule has 0 aromatic carbocycles. The van der Waals surface area contributed by atoms with Crippen LogP contribution in [0, 0.1) is 5.41 Å². The van der Waals surface area contributed by atoms with Crippen molar-refractivity contribution in [2.24, 2.45) is 5.41 Å². The zero-order valence-corrected chi connectivity index (χ0v) is 9.86. The van der Waals surface area contributed by atoms with Gasteiger partial charge in [-0.05, 0) is 36.2 Å². The lowest BCUT2D eigenvalue weighted by Crippen LogP contribution is -2.25. The van der Waals surface area contributed by atoms with Gasteiger partial charge in [0.1, 0.15) is 0 Å². The molecule has 0 saturated heterocycles. The summed E-state index contributed by atoms with van der Waals surface area (Å²) < 4.78 is 4.04. The Labute approximate surface area is 93.3 Å². The Bertz CT molecular complexity index is 399. The zero-order valence-electron chi connectivity index (χ0n) is 9.04. The highest BCUT2D eigenvalue weighted by atomic mass is 32.1. The lowest BCUT2D eigenvalue weighted by molar-refractivity contribution is 0.0689. The molecule has 0 spiro atoms. The van der Waals surface area contributed by atoms with Gasteiger partial charge < -0.3 is 5.11 Å². The summed E-state index contributed by atoms with van der Waals surface area (Å²) in [5.74, 6) is -0.882. The molecule has 0 saturated carbocycles. The van der Waals surface area contributed by atoms with Gasteiger partial charge in [0, 0.05) is 10.4 Å². The van der Waals surface area contributed by atoms with Gasteiger partial charge in [-0.1, -0.05) is 20.3 Å². The van der Waals surface area contributed by atoms with Crippen molar-refractivity contribution in [1.29, 1.82) is 0 Å². The fourth-order valence-corrected chi connectivity index (χ4v) is 2.98. The minimum absolute atomic E-state index is 0.264. The normalized spacial score (nSPS) is 24.9. The van der Waals surface area contributed by atoms with Crippen molar-refractivity contribution < 1.29 is 9.90 Å². The zero-order chi connectivity index (χ0) is 11.1. The smallest absolute Gasteiger partial charge is 0.355 e. The second-order valence-electron chi connectivity index (χ2n) is 4.58. The predicted molar refractivity (Wildman–Crippen MR) is 59.5 cm³/mol. The fourth-order valence-electron chi connectivity index (χ4n) is 2.12. The summed E-state index contributed by atoms with van der Waals surface area (Å²) in [5, 5.41) is 9.02. The molecule has 0 bridgehead atoms. The first-order chi connectivity index (χ1) is 7.06. The van der Waals surface area contributed by atoms with Crippen LogP contribution in [-0.2, 0) is 12.8 Å². The number of aromatic nitrogens is 1. The Morgan fingerprint density at radius 1 is 1.67 bits per heavy atom. The van der Waals surface area contributed by atoms with E-state index in [0.29, 0.717) is 0 Å². The molecule has 0 radical (unpaired) electrons. The summed E-state index contributed by atoms with van der Waals surface area (Å²) in [6, 6.07) is 0. The minimum Gasteiger partial charge on any atom is -0.476 e. The molecular weight excluding hydrogens is 210 g/mol. The van der Waals surface area contributed by atoms with Gasteiger partial charge in [0.25, 0.3) is 0 Å². The van der Waals surface area contributed by atoms with E-state index in [4.69, 9.17) is 5.11 Å². The van der Waals surface area contributed by atoms with E-state index in [1.54, 1.807) is 0 Å². The maximum absolute atomic E-state index is 11.0. The molecule has 1 aliphatic rings. The second kappa shape index (κ2) is 3.59. The van der Waals surface area contributed by atoms with Gasteiger partial charge in [0.05, 0.1) is 0 Å². The van der Waals surface area contributed by atoms with Crippen molar-refractivity contribution in [3.8, 4) is 0 Å². The van der Waals surface area contributed by atoms with Crippen LogP contribution in [0.3, 0.4) is 0 Å². The Kier molecular flexibility index (Phi) is 2.54. The number of carboxylic acid groups (broad SMARTS) is 1. The third kappa shape index (κ3) is 1.78. The van der Waals surface area contributed by atoms with Crippen LogP contribution >= 0.6 is 11.5 Å². The third-order valence-corrected chi connectivity index (χ3v) is 4.43. The van der Waals surface area contributed by atoms with Gasteiger partial charge in [-0.25, -0.2) is 4.79 Å². The predicted octanol–water partition coefficient (Wildman–Crippen LogP) is 2.75. The first-order valence-electron chi connectivity index (χ1n) is 5.26. The number of hydrogen-bond donors (Lipinski definition) is 1. The van der Waals surface area contributed by atoms with Crippen LogP contribution in [0.5, 0.6) is 0 Å². The van der Waals surface area contributed by atoms with Crippen molar-refractivity contribution in [2.75, 3.05) is 0 Å². The van der Waals surface area contributed by atoms with Crippen molar-refractivity contribution >= 4 is 17.5 Å². The van der Waals surface area contributed by atoms with Gasteiger partial charge >= 0.3 is 5.97 Å². The molecule has 15 heavy (non-hydrogen) atoms. The summed E-state index contributed by atoms with van der Waals surface area (Å²) in [7, 11) is 0. The monoisotopic (exact) mass is 225 g/mol. The Hall–Kier alpha value is -0.900. The molecular formula is C11H15NO2S. The number of hydrogen-bond acceptors (Lipinski definition) is 3. The summed E-state index contributed by atoms with van der Waals surface area (Å²) in [6.45, 7) is 4.41. The van der Waals surface area contributed by atoms with Crippen molar-refractivity contribution in [3.63, 3.8) is 0 Å². The summed E-state index contributed by atoms with van der Waals surface area (Å²) in [6.07, 6.45) is 4.11. The lowest BCUT2D eigenvalue weighted by Gasteiger charge is -2.32. The minimum atomic E-state index is -0.882. The molecule has 1 aliphatic carbocycles. The van der Waals surface area contributed by atoms with Crippen LogP contribution in [0.25, 0.3) is 0 Å². The van der Waals surface area contributed by atoms with Crippen LogP contribution in [0.15, 0.2) is 0 Å². The van der Waals surface area contributed by atoms with Gasteiger partial charge in [-0.2, -0.15) is 4.37 Å². The molecule has 3 nitrogen and oxygen atoms in total. The molecule has 1 aromatic rings. The number of aryl methyl sites for hydroxylation is 1. The summed E-state index contributed by atoms with van der Waals surface area (Å²) >= 11 is 1.36. The number of carbonyl (C=O) groups is 1. The topological polar surface area (TPSA) is 50.2 Å². The second-order valence-corrected chi connectivity index (χ2v) is 5.44. The van der Waals surface area contributed by atoms with E-state index in [2.05, 4.69) is 18.2 Å². The molecule has 0 aliphatic heterocycles. The number of aromatic carboxylic acids is 1. The van der Waals surface area contributed by atoms with E-state index < -0.39 is 5.97 Å². The van der Waals surface area contributed by atoms with Crippen LogP contribution < -0.4 is 0 Å². The molecule has 2 rings (SSSR count). The molecule has 1 aromatic heterocycles. The maximum Gasteiger partial charge on any atom is 0.355 e. The number of carboxylic acids is 1. The van der Waals surface area contributed by atoms with Crippen LogP contribution in [0.2, 0.25) is 0 Å². The van der Waals surface area contributed by atoms with Gasteiger partial charge in [-0.15, -0.1) is 0 Å². The molecule has 0 amide bonds. The summed E-state index contributed by atoms with van der Waals surface area (Å²) in [4.78, 5) is 12.2. The molecule has 1 unspecified atom stereocenters. The van der Waals surface area contributed by atoms with Crippen molar-refractivity contribution in [3.05, 3.63) is 16.1 Å². The SMILES string of the molecule is CCC1(C)CCc2snc(C(=O)O)c2C1. The van der Waals surface area contributed by atoms with Crippen molar-refractivity contribution in [2.45, 2.75) is 39.5 Å². The van der Waals surface area contributed by atoms with E-state index in [-0.39, 0.29) is 11.1 Å². The largest absolute Gasteiger partial charge is 0.476 e. The van der Waals surface area contributed by atoms with Gasteiger partial charge in [-0.3, -0.25) is 0 Å². The van der Waals surface area contributed by atoms with Crippen LogP contribution in [0.4, 0.5) is 0 Å². The quantitative estimate of drug-likeness (QED) is 0.842. The number of nitrogens with zero attached hydrogens (tertiary/aromatic N) is 1. The Balaban J connectivity index is 2.38. The highest BCUT2D eigenvalue weighted by Gasteiger charge is 2.32. The first kappa shape index (κ1) is 10.6. The average Bonchev–Trinajstić information content (AvgIpc) is 2.60. The molecule has 1 atom stereocenters. The average molecular weight is 225 g/mol. The van der Waals surface area contributed by atoms with E-state index in [9.17, 15) is 4.79 Å². The van der Waals surface area contributed by atoms with Crippen LogP contribution in [-0.4, -0.2) is 15.4 Å². The van der Waals surface area contributed by atoms with E-state index in [1.165, 1.54) is 16.4 Å². The van der Waals surface area contributed by atoms with Gasteiger partial charge in [0.15, 0.2) is 5.69 Å². The summed E-state index contributed by atoms with van der Waals surface area (Å²) in [5.41, 5.74) is 1.54. The standard InChI is InChI=1S/C11H15NO2S/c1-3-11(2)5-4-8-7(6-11)9(10(13)14)12-15-8/h3-6H2,1-2H3,(H,13,14). The Morgan fingerprint density at radius 3 is 3.00 bits per heavy atom. The van der Waals surface area contributed by atoms with E-state index in [1.807, 2.05) is 0 Å². The Morgan fingerprint density at radius 2 is 2.40 bits per heavy atom. The number of fused-ring (bicyclic) bond motifs is 1. The highest BCUT2D eigenvalue weighted by molar-refractivity contribution is 7.06. The van der Waals surface area contributed by atoms with E-state index >= 15 is 0 Å². The van der Waals surface area contributed by atoms with Crippen LogP contribution in [0.1, 0.15) is 47.6 Å².